The molecular formula is C57H107NO5. The summed E-state index contributed by atoms with van der Waals surface area (Å²) >= 11 is 0. The van der Waals surface area contributed by atoms with Crippen LogP contribution >= 0.6 is 0 Å². The Morgan fingerprint density at radius 3 is 1.27 bits per heavy atom. The van der Waals surface area contributed by atoms with Crippen LogP contribution in [0.2, 0.25) is 0 Å². The first-order valence-corrected chi connectivity index (χ1v) is 27.7. The van der Waals surface area contributed by atoms with E-state index >= 15 is 0 Å². The highest BCUT2D eigenvalue weighted by molar-refractivity contribution is 5.77. The summed E-state index contributed by atoms with van der Waals surface area (Å²) in [4.78, 5) is 26.2. The van der Waals surface area contributed by atoms with Crippen molar-refractivity contribution in [1.29, 1.82) is 0 Å². The largest absolute Gasteiger partial charge is 0.462 e. The van der Waals surface area contributed by atoms with Crippen LogP contribution in [0.25, 0.3) is 0 Å². The number of aliphatic hydroxyl groups is 2. The summed E-state index contributed by atoms with van der Waals surface area (Å²) in [5.41, 5.74) is 0. The van der Waals surface area contributed by atoms with Crippen molar-refractivity contribution in [3.8, 4) is 0 Å². The summed E-state index contributed by atoms with van der Waals surface area (Å²) in [5.74, 6) is -0.475. The maximum absolute atomic E-state index is 13.2. The molecule has 0 saturated heterocycles. The molecule has 6 nitrogen and oxygen atoms in total. The lowest BCUT2D eigenvalue weighted by Gasteiger charge is -2.24. The Morgan fingerprint density at radius 1 is 0.460 bits per heavy atom. The van der Waals surface area contributed by atoms with E-state index in [1.807, 2.05) is 0 Å². The van der Waals surface area contributed by atoms with Gasteiger partial charge in [0.2, 0.25) is 5.91 Å². The molecule has 0 aromatic heterocycles. The Labute approximate surface area is 392 Å². The summed E-state index contributed by atoms with van der Waals surface area (Å²) in [5, 5.41) is 23.8. The number of nitrogens with one attached hydrogen (secondary N) is 1. The number of hydrogen-bond acceptors (Lipinski definition) is 5. The third-order valence-electron chi connectivity index (χ3n) is 12.7. The highest BCUT2D eigenvalue weighted by Crippen LogP contribution is 2.18. The third kappa shape index (κ3) is 46.4. The summed E-state index contributed by atoms with van der Waals surface area (Å²) in [7, 11) is 0. The van der Waals surface area contributed by atoms with Gasteiger partial charge in [0.05, 0.1) is 25.2 Å². The number of rotatable bonds is 50. The monoisotopic (exact) mass is 886 g/mol. The maximum Gasteiger partial charge on any atom is 0.306 e. The Morgan fingerprint density at radius 2 is 0.810 bits per heavy atom. The molecule has 3 unspecified atom stereocenters. The van der Waals surface area contributed by atoms with Crippen molar-refractivity contribution in [2.24, 2.45) is 0 Å². The average Bonchev–Trinajstić information content (AvgIpc) is 3.28. The number of unbranched alkanes of at least 4 members (excludes halogenated alkanes) is 32. The first-order chi connectivity index (χ1) is 31.0. The lowest BCUT2D eigenvalue weighted by molar-refractivity contribution is -0.151. The van der Waals surface area contributed by atoms with Gasteiger partial charge in [0, 0.05) is 6.42 Å². The molecule has 6 heteroatoms. The fourth-order valence-corrected chi connectivity index (χ4v) is 8.46. The molecule has 0 aromatic carbocycles. The van der Waals surface area contributed by atoms with Gasteiger partial charge in [0.15, 0.2) is 0 Å². The van der Waals surface area contributed by atoms with E-state index in [4.69, 9.17) is 4.74 Å². The smallest absolute Gasteiger partial charge is 0.306 e. The zero-order chi connectivity index (χ0) is 45.9. The van der Waals surface area contributed by atoms with Crippen LogP contribution in [-0.4, -0.2) is 46.9 Å². The Balaban J connectivity index is 4.58. The van der Waals surface area contributed by atoms with Crippen molar-refractivity contribution in [3.05, 3.63) is 36.5 Å². The van der Waals surface area contributed by atoms with Gasteiger partial charge in [-0.2, -0.15) is 0 Å². The van der Waals surface area contributed by atoms with Crippen LogP contribution in [0, 0.1) is 0 Å². The van der Waals surface area contributed by atoms with E-state index in [0.717, 1.165) is 64.2 Å². The fraction of sp³-hybridized carbons (Fsp3) is 0.860. The van der Waals surface area contributed by atoms with Crippen LogP contribution in [0.3, 0.4) is 0 Å². The van der Waals surface area contributed by atoms with Crippen LogP contribution in [-0.2, 0) is 14.3 Å². The van der Waals surface area contributed by atoms with Crippen molar-refractivity contribution in [1.82, 2.24) is 5.32 Å². The highest BCUT2D eigenvalue weighted by Gasteiger charge is 2.24. The number of aliphatic hydroxyl groups excluding tert-OH is 2. The van der Waals surface area contributed by atoms with Crippen LogP contribution in [0.5, 0.6) is 0 Å². The Hall–Kier alpha value is -1.92. The minimum absolute atomic E-state index is 0.0732. The van der Waals surface area contributed by atoms with Gasteiger partial charge in [-0.1, -0.05) is 231 Å². The van der Waals surface area contributed by atoms with E-state index in [0.29, 0.717) is 19.3 Å². The molecule has 0 spiro atoms. The lowest BCUT2D eigenvalue weighted by atomic mass is 10.0. The van der Waals surface area contributed by atoms with Gasteiger partial charge < -0.3 is 20.3 Å². The second-order valence-electron chi connectivity index (χ2n) is 19.0. The summed E-state index contributed by atoms with van der Waals surface area (Å²) in [6.07, 6.45) is 60.6. The Kier molecular flexibility index (Phi) is 49.5. The normalized spacial score (nSPS) is 13.4. The molecule has 0 heterocycles. The average molecular weight is 886 g/mol. The number of esters is 1. The quantitative estimate of drug-likeness (QED) is 0.0321. The van der Waals surface area contributed by atoms with E-state index in [1.165, 1.54) is 180 Å². The summed E-state index contributed by atoms with van der Waals surface area (Å²) in [6, 6.07) is -0.703. The zero-order valence-corrected chi connectivity index (χ0v) is 42.2. The minimum atomic E-state index is -0.789. The van der Waals surface area contributed by atoms with Crippen LogP contribution < -0.4 is 5.32 Å². The molecule has 0 fully saturated rings. The number of ether oxygens (including phenoxy) is 1. The van der Waals surface area contributed by atoms with Crippen LogP contribution in [0.4, 0.5) is 0 Å². The summed E-state index contributed by atoms with van der Waals surface area (Å²) in [6.45, 7) is 6.46. The molecule has 0 aliphatic heterocycles. The number of hydrogen-bond donors (Lipinski definition) is 3. The van der Waals surface area contributed by atoms with Crippen molar-refractivity contribution >= 4 is 11.9 Å². The molecule has 0 saturated carbocycles. The molecule has 1 amide bonds. The van der Waals surface area contributed by atoms with Crippen molar-refractivity contribution in [2.75, 3.05) is 6.61 Å². The first kappa shape index (κ1) is 61.1. The standard InChI is InChI=1S/C57H107NO5/c1-4-7-10-13-16-19-22-25-27-28-30-31-33-36-39-42-45-48-53(63-57(62)50-47-44-41-38-35-32-29-26-23-20-17-14-11-8-5-2)51-56(61)58-54(52-59)55(60)49-46-43-40-37-34-24-21-18-15-12-9-6-3/h16,19-20,23,25,27,53-55,59-60H,4-15,17-18,21-22,24,26,28-52H2,1-3H3,(H,58,61)/b19-16-,23-20-,27-25-. The molecule has 0 radical (unpaired) electrons. The highest BCUT2D eigenvalue weighted by atomic mass is 16.5. The molecule has 63 heavy (non-hydrogen) atoms. The third-order valence-corrected chi connectivity index (χ3v) is 12.7. The second-order valence-corrected chi connectivity index (χ2v) is 19.0. The number of carbonyl (C=O) groups is 2. The minimum Gasteiger partial charge on any atom is -0.462 e. The van der Waals surface area contributed by atoms with Crippen molar-refractivity contribution in [3.63, 3.8) is 0 Å². The van der Waals surface area contributed by atoms with E-state index < -0.39 is 18.2 Å². The fourth-order valence-electron chi connectivity index (χ4n) is 8.46. The second kappa shape index (κ2) is 51.1. The molecule has 0 aromatic rings. The predicted molar refractivity (Wildman–Crippen MR) is 273 cm³/mol. The molecule has 370 valence electrons. The van der Waals surface area contributed by atoms with E-state index in [2.05, 4.69) is 62.5 Å². The molecule has 0 aliphatic carbocycles. The van der Waals surface area contributed by atoms with Crippen LogP contribution in [0.15, 0.2) is 36.5 Å². The van der Waals surface area contributed by atoms with Gasteiger partial charge in [0.1, 0.15) is 6.10 Å². The van der Waals surface area contributed by atoms with Gasteiger partial charge in [0.25, 0.3) is 0 Å². The summed E-state index contributed by atoms with van der Waals surface area (Å²) < 4.78 is 5.95. The number of carbonyl (C=O) groups excluding carboxylic acids is 2. The molecular weight excluding hydrogens is 779 g/mol. The molecule has 0 rings (SSSR count). The lowest BCUT2D eigenvalue weighted by Crippen LogP contribution is -2.46. The SMILES string of the molecule is CCCCC/C=C\C/C=C\CCCCCCCCCC(CC(=O)NC(CO)C(O)CCCCCCCCCCCCCC)OC(=O)CCCCCCCCC/C=C\CCCCCC. The predicted octanol–water partition coefficient (Wildman–Crippen LogP) is 16.8. The molecule has 0 aliphatic rings. The number of amides is 1. The molecule has 0 bridgehead atoms. The topological polar surface area (TPSA) is 95.9 Å². The van der Waals surface area contributed by atoms with Gasteiger partial charge in [-0.05, 0) is 83.5 Å². The number of allylic oxidation sites excluding steroid dienone is 6. The van der Waals surface area contributed by atoms with Gasteiger partial charge in [-0.25, -0.2) is 0 Å². The van der Waals surface area contributed by atoms with Crippen molar-refractivity contribution in [2.45, 2.75) is 309 Å². The molecule has 3 N–H and O–H groups in total. The van der Waals surface area contributed by atoms with Gasteiger partial charge in [-0.3, -0.25) is 9.59 Å². The van der Waals surface area contributed by atoms with Gasteiger partial charge >= 0.3 is 5.97 Å². The Bertz CT molecular complexity index is 1040. The van der Waals surface area contributed by atoms with E-state index in [-0.39, 0.29) is 24.9 Å². The van der Waals surface area contributed by atoms with Crippen molar-refractivity contribution < 1.29 is 24.5 Å². The molecule has 3 atom stereocenters. The van der Waals surface area contributed by atoms with E-state index in [9.17, 15) is 19.8 Å². The first-order valence-electron chi connectivity index (χ1n) is 27.7. The van der Waals surface area contributed by atoms with Crippen LogP contribution in [0.1, 0.15) is 290 Å². The zero-order valence-electron chi connectivity index (χ0n) is 42.2. The van der Waals surface area contributed by atoms with Gasteiger partial charge in [-0.15, -0.1) is 0 Å². The van der Waals surface area contributed by atoms with E-state index in [1.54, 1.807) is 0 Å². The maximum atomic E-state index is 13.2.